The highest BCUT2D eigenvalue weighted by molar-refractivity contribution is 6.17. The summed E-state index contributed by atoms with van der Waals surface area (Å²) in [5.74, 6) is -1.91. The lowest BCUT2D eigenvalue weighted by molar-refractivity contribution is -0.168. The van der Waals surface area contributed by atoms with Crippen LogP contribution in [0, 0.1) is 5.92 Å². The van der Waals surface area contributed by atoms with Gasteiger partial charge in [0.25, 0.3) is 0 Å². The van der Waals surface area contributed by atoms with Gasteiger partial charge in [-0.1, -0.05) is 18.2 Å². The minimum absolute atomic E-state index is 0.0654. The van der Waals surface area contributed by atoms with Gasteiger partial charge in [-0.15, -0.1) is 0 Å². The summed E-state index contributed by atoms with van der Waals surface area (Å²) in [4.78, 5) is 35.2. The number of carbonyl (C=O) groups is 3. The number of hydrogen-bond acceptors (Lipinski definition) is 6. The maximum Gasteiger partial charge on any atom is 0.347 e. The summed E-state index contributed by atoms with van der Waals surface area (Å²) >= 11 is 0. The Balaban J connectivity index is 2.16. The van der Waals surface area contributed by atoms with Crippen LogP contribution in [0.2, 0.25) is 0 Å². The number of allylic oxidation sites excluding steroid dienone is 2. The van der Waals surface area contributed by atoms with E-state index >= 15 is 0 Å². The predicted octanol–water partition coefficient (Wildman–Crippen LogP) is 0.829. The second-order valence-electron chi connectivity index (χ2n) is 5.18. The summed E-state index contributed by atoms with van der Waals surface area (Å²) in [6.07, 6.45) is 6.97. The fourth-order valence-corrected chi connectivity index (χ4v) is 3.01. The van der Waals surface area contributed by atoms with E-state index in [2.05, 4.69) is 4.74 Å². The Bertz CT molecular complexity index is 626. The average Bonchev–Trinajstić information content (AvgIpc) is 2.55. The molecule has 1 heterocycles. The van der Waals surface area contributed by atoms with Crippen molar-refractivity contribution in [3.05, 3.63) is 35.5 Å². The first-order valence-electron chi connectivity index (χ1n) is 6.59. The van der Waals surface area contributed by atoms with E-state index in [-0.39, 0.29) is 11.5 Å². The van der Waals surface area contributed by atoms with Crippen LogP contribution in [-0.4, -0.2) is 36.7 Å². The van der Waals surface area contributed by atoms with E-state index in [0.29, 0.717) is 12.0 Å². The fourth-order valence-electron chi connectivity index (χ4n) is 3.01. The third-order valence-electron chi connectivity index (χ3n) is 3.92. The minimum atomic E-state index is -1.23. The van der Waals surface area contributed by atoms with Gasteiger partial charge in [0.15, 0.2) is 17.3 Å². The number of hydrogen-bond donors (Lipinski definition) is 0. The molecule has 3 atom stereocenters. The summed E-state index contributed by atoms with van der Waals surface area (Å²) < 4.78 is 15.4. The zero-order chi connectivity index (χ0) is 15.2. The quantitative estimate of drug-likeness (QED) is 0.324. The van der Waals surface area contributed by atoms with Crippen molar-refractivity contribution in [3.63, 3.8) is 0 Å². The number of carbonyl (C=O) groups excluding carboxylic acids is 3. The molecule has 0 radical (unpaired) electrons. The van der Waals surface area contributed by atoms with Gasteiger partial charge in [0.1, 0.15) is 0 Å². The van der Waals surface area contributed by atoms with Crippen molar-refractivity contribution in [2.45, 2.75) is 25.0 Å². The predicted molar refractivity (Wildman–Crippen MR) is 69.8 cm³/mol. The third-order valence-corrected chi connectivity index (χ3v) is 3.92. The minimum Gasteiger partial charge on any atom is -0.465 e. The van der Waals surface area contributed by atoms with Gasteiger partial charge < -0.3 is 14.2 Å². The van der Waals surface area contributed by atoms with Crippen LogP contribution in [0.1, 0.15) is 13.3 Å². The van der Waals surface area contributed by atoms with Crippen molar-refractivity contribution in [3.8, 4) is 0 Å². The topological polar surface area (TPSA) is 78.9 Å². The van der Waals surface area contributed by atoms with Gasteiger partial charge in [0.05, 0.1) is 7.11 Å². The standard InChI is InChI=1S/C15H14O6/c1-8(16)20-11-7-9-3-4-10-12(13(17)19-2)14(18)21-15(10,11)6-5-9/h3-6,9,11H,7H2,1-2H3. The van der Waals surface area contributed by atoms with Gasteiger partial charge in [-0.05, 0) is 18.4 Å². The van der Waals surface area contributed by atoms with E-state index in [4.69, 9.17) is 9.47 Å². The van der Waals surface area contributed by atoms with E-state index in [1.807, 2.05) is 12.2 Å². The Labute approximate surface area is 121 Å². The Kier molecular flexibility index (Phi) is 2.97. The maximum absolute atomic E-state index is 12.1. The number of ether oxygens (including phenoxy) is 3. The lowest BCUT2D eigenvalue weighted by atomic mass is 9.80. The first-order valence-corrected chi connectivity index (χ1v) is 6.59. The molecule has 1 spiro atoms. The van der Waals surface area contributed by atoms with E-state index in [0.717, 1.165) is 0 Å². The van der Waals surface area contributed by atoms with Crippen LogP contribution in [0.4, 0.5) is 0 Å². The Morgan fingerprint density at radius 3 is 2.81 bits per heavy atom. The van der Waals surface area contributed by atoms with Crippen LogP contribution in [-0.2, 0) is 28.6 Å². The van der Waals surface area contributed by atoms with Gasteiger partial charge in [0, 0.05) is 12.5 Å². The molecule has 3 aliphatic carbocycles. The molecule has 0 amide bonds. The normalized spacial score (nSPS) is 32.6. The van der Waals surface area contributed by atoms with Crippen LogP contribution in [0.5, 0.6) is 0 Å². The van der Waals surface area contributed by atoms with E-state index in [1.54, 1.807) is 12.2 Å². The maximum atomic E-state index is 12.1. The molecule has 0 aromatic carbocycles. The molecule has 0 aromatic heterocycles. The highest BCUT2D eigenvalue weighted by Crippen LogP contribution is 2.46. The Morgan fingerprint density at radius 2 is 2.14 bits per heavy atom. The molecule has 4 rings (SSSR count). The number of fused-ring (bicyclic) bond motifs is 1. The molecular weight excluding hydrogens is 276 g/mol. The lowest BCUT2D eigenvalue weighted by Gasteiger charge is -2.36. The van der Waals surface area contributed by atoms with Crippen molar-refractivity contribution in [2.75, 3.05) is 7.11 Å². The second-order valence-corrected chi connectivity index (χ2v) is 5.18. The van der Waals surface area contributed by atoms with E-state index in [9.17, 15) is 14.4 Å². The summed E-state index contributed by atoms with van der Waals surface area (Å²) in [6.45, 7) is 1.30. The molecule has 1 aliphatic heterocycles. The molecule has 3 unspecified atom stereocenters. The molecule has 6 nitrogen and oxygen atoms in total. The molecule has 4 aliphatic rings. The molecule has 2 bridgehead atoms. The van der Waals surface area contributed by atoms with Gasteiger partial charge in [-0.2, -0.15) is 0 Å². The smallest absolute Gasteiger partial charge is 0.347 e. The van der Waals surface area contributed by atoms with E-state index < -0.39 is 29.6 Å². The Morgan fingerprint density at radius 1 is 1.38 bits per heavy atom. The number of esters is 3. The van der Waals surface area contributed by atoms with Crippen LogP contribution in [0.3, 0.4) is 0 Å². The molecule has 0 saturated carbocycles. The third kappa shape index (κ3) is 1.90. The van der Waals surface area contributed by atoms with Crippen molar-refractivity contribution in [1.29, 1.82) is 0 Å². The molecule has 110 valence electrons. The molecule has 21 heavy (non-hydrogen) atoms. The average molecular weight is 290 g/mol. The summed E-state index contributed by atoms with van der Waals surface area (Å²) in [5, 5.41) is 0. The summed E-state index contributed by atoms with van der Waals surface area (Å²) in [7, 11) is 1.20. The molecular formula is C15H14O6. The molecule has 0 fully saturated rings. The van der Waals surface area contributed by atoms with Crippen LogP contribution in [0.15, 0.2) is 35.5 Å². The number of rotatable bonds is 2. The zero-order valence-corrected chi connectivity index (χ0v) is 11.6. The lowest BCUT2D eigenvalue weighted by Crippen LogP contribution is -2.47. The van der Waals surface area contributed by atoms with Gasteiger partial charge in [-0.25, -0.2) is 9.59 Å². The van der Waals surface area contributed by atoms with Crippen molar-refractivity contribution in [1.82, 2.24) is 0 Å². The van der Waals surface area contributed by atoms with Gasteiger partial charge in [-0.3, -0.25) is 4.79 Å². The second kappa shape index (κ2) is 4.58. The molecule has 0 aromatic rings. The SMILES string of the molecule is COC(=O)C1=C2C=CC3C=CC2(OC1=O)C(OC(C)=O)C3. The van der Waals surface area contributed by atoms with Crippen molar-refractivity contribution in [2.24, 2.45) is 5.92 Å². The monoisotopic (exact) mass is 290 g/mol. The summed E-state index contributed by atoms with van der Waals surface area (Å²) in [5.41, 5.74) is -0.976. The molecule has 0 saturated heterocycles. The molecule has 0 N–H and O–H groups in total. The Hall–Kier alpha value is -2.37. The van der Waals surface area contributed by atoms with Crippen LogP contribution in [0.25, 0.3) is 0 Å². The highest BCUT2D eigenvalue weighted by atomic mass is 16.6. The first-order chi connectivity index (χ1) is 9.98. The van der Waals surface area contributed by atoms with Crippen molar-refractivity contribution >= 4 is 17.9 Å². The van der Waals surface area contributed by atoms with Crippen LogP contribution >= 0.6 is 0 Å². The van der Waals surface area contributed by atoms with Gasteiger partial charge >= 0.3 is 17.9 Å². The summed E-state index contributed by atoms with van der Waals surface area (Å²) in [6, 6.07) is 0. The zero-order valence-electron chi connectivity index (χ0n) is 11.6. The number of methoxy groups -OCH3 is 1. The van der Waals surface area contributed by atoms with E-state index in [1.165, 1.54) is 14.0 Å². The fraction of sp³-hybridized carbons (Fsp3) is 0.400. The molecule has 6 heteroatoms. The van der Waals surface area contributed by atoms with Crippen LogP contribution < -0.4 is 0 Å². The first kappa shape index (κ1) is 13.6. The largest absolute Gasteiger partial charge is 0.465 e. The van der Waals surface area contributed by atoms with Gasteiger partial charge in [0.2, 0.25) is 0 Å². The highest BCUT2D eigenvalue weighted by Gasteiger charge is 2.56. The van der Waals surface area contributed by atoms with Crippen molar-refractivity contribution < 1.29 is 28.6 Å².